The third-order valence-electron chi connectivity index (χ3n) is 4.83. The molecule has 1 aliphatic rings. The maximum absolute atomic E-state index is 12.4. The second kappa shape index (κ2) is 8.53. The van der Waals surface area contributed by atoms with Crippen molar-refractivity contribution < 1.29 is 4.79 Å². The number of hydrazine groups is 1. The molecule has 1 aliphatic heterocycles. The molecule has 5 N–H and O–H groups in total. The number of aryl methyl sites for hydroxylation is 2. The molecule has 0 spiro atoms. The minimum Gasteiger partial charge on any atom is -0.399 e. The summed E-state index contributed by atoms with van der Waals surface area (Å²) < 4.78 is 1.88. The number of amides is 1. The van der Waals surface area contributed by atoms with Crippen molar-refractivity contribution in [3.05, 3.63) is 46.8 Å². The lowest BCUT2D eigenvalue weighted by Crippen LogP contribution is -2.43. The number of benzene rings is 1. The Morgan fingerprint density at radius 1 is 1.31 bits per heavy atom. The van der Waals surface area contributed by atoms with Crippen molar-refractivity contribution in [2.75, 3.05) is 12.3 Å². The molecule has 1 aromatic heterocycles. The van der Waals surface area contributed by atoms with E-state index in [9.17, 15) is 4.79 Å². The minimum absolute atomic E-state index is 0. The van der Waals surface area contributed by atoms with Crippen LogP contribution in [-0.2, 0) is 18.3 Å². The number of nitrogen functional groups attached to an aromatic ring is 1. The maximum atomic E-state index is 12.4. The van der Waals surface area contributed by atoms with Gasteiger partial charge in [0, 0.05) is 30.5 Å². The quantitative estimate of drug-likeness (QED) is 0.588. The smallest absolute Gasteiger partial charge is 0.238 e. The van der Waals surface area contributed by atoms with Gasteiger partial charge in [-0.3, -0.25) is 9.48 Å². The molecule has 142 valence electrons. The van der Waals surface area contributed by atoms with E-state index in [1.165, 1.54) is 5.56 Å². The lowest BCUT2D eigenvalue weighted by molar-refractivity contribution is -0.122. The van der Waals surface area contributed by atoms with Crippen LogP contribution in [0.5, 0.6) is 0 Å². The van der Waals surface area contributed by atoms with Gasteiger partial charge in [-0.05, 0) is 44.4 Å². The van der Waals surface area contributed by atoms with E-state index in [1.807, 2.05) is 42.9 Å². The molecular weight excluding hydrogens is 352 g/mol. The van der Waals surface area contributed by atoms with Crippen molar-refractivity contribution in [3.8, 4) is 0 Å². The van der Waals surface area contributed by atoms with E-state index in [-0.39, 0.29) is 30.4 Å². The van der Waals surface area contributed by atoms with E-state index in [2.05, 4.69) is 28.2 Å². The Morgan fingerprint density at radius 3 is 2.62 bits per heavy atom. The molecule has 2 unspecified atom stereocenters. The Balaban J connectivity index is 0.00000243. The van der Waals surface area contributed by atoms with Crippen molar-refractivity contribution in [3.63, 3.8) is 0 Å². The van der Waals surface area contributed by atoms with Crippen LogP contribution in [0.3, 0.4) is 0 Å². The molecule has 1 fully saturated rings. The summed E-state index contributed by atoms with van der Waals surface area (Å²) in [5, 5.41) is 7.45. The number of hydrogen-bond acceptors (Lipinski definition) is 5. The number of hydrogen-bond donors (Lipinski definition) is 4. The molecule has 2 aromatic rings. The summed E-state index contributed by atoms with van der Waals surface area (Å²) in [5.74, 6) is 0.0182. The summed E-state index contributed by atoms with van der Waals surface area (Å²) in [6.07, 6.45) is 1.50. The topological polar surface area (TPSA) is 97.0 Å². The summed E-state index contributed by atoms with van der Waals surface area (Å²) in [6, 6.07) is 7.59. The fraction of sp³-hybridized carbons (Fsp3) is 0.444. The molecule has 1 aromatic carbocycles. The van der Waals surface area contributed by atoms with Crippen molar-refractivity contribution in [2.45, 2.75) is 38.8 Å². The highest BCUT2D eigenvalue weighted by molar-refractivity contribution is 5.85. The molecule has 0 bridgehead atoms. The first-order chi connectivity index (χ1) is 12.0. The molecule has 1 amide bonds. The van der Waals surface area contributed by atoms with Crippen LogP contribution >= 0.6 is 12.4 Å². The van der Waals surface area contributed by atoms with E-state index in [1.54, 1.807) is 0 Å². The first kappa shape index (κ1) is 20.2. The lowest BCUT2D eigenvalue weighted by atomic mass is 10.00. The van der Waals surface area contributed by atoms with Gasteiger partial charge in [-0.15, -0.1) is 12.4 Å². The van der Waals surface area contributed by atoms with Crippen LogP contribution in [-0.4, -0.2) is 28.3 Å². The van der Waals surface area contributed by atoms with Gasteiger partial charge in [0.15, 0.2) is 0 Å². The van der Waals surface area contributed by atoms with Crippen LogP contribution in [0.15, 0.2) is 24.3 Å². The fourth-order valence-electron chi connectivity index (χ4n) is 3.35. The van der Waals surface area contributed by atoms with E-state index < -0.39 is 0 Å². The van der Waals surface area contributed by atoms with Gasteiger partial charge in [0.05, 0.1) is 11.7 Å². The highest BCUT2D eigenvalue weighted by Crippen LogP contribution is 2.27. The summed E-state index contributed by atoms with van der Waals surface area (Å²) in [7, 11) is 1.94. The molecule has 3 rings (SSSR count). The van der Waals surface area contributed by atoms with Crippen molar-refractivity contribution in [1.29, 1.82) is 0 Å². The summed E-state index contributed by atoms with van der Waals surface area (Å²) in [4.78, 5) is 12.4. The highest BCUT2D eigenvalue weighted by Gasteiger charge is 2.32. The lowest BCUT2D eigenvalue weighted by Gasteiger charge is -2.11. The molecule has 8 heteroatoms. The first-order valence-electron chi connectivity index (χ1n) is 8.59. The number of aromatic nitrogens is 2. The average Bonchev–Trinajstić information content (AvgIpc) is 3.14. The van der Waals surface area contributed by atoms with Gasteiger partial charge in [0.25, 0.3) is 0 Å². The van der Waals surface area contributed by atoms with Crippen LogP contribution in [0.25, 0.3) is 0 Å². The first-order valence-corrected chi connectivity index (χ1v) is 8.59. The summed E-state index contributed by atoms with van der Waals surface area (Å²) in [6.45, 7) is 4.66. The Kier molecular flexibility index (Phi) is 6.63. The Bertz CT molecular complexity index is 758. The van der Waals surface area contributed by atoms with Gasteiger partial charge < -0.3 is 11.1 Å². The molecule has 2 heterocycles. The Morgan fingerprint density at radius 2 is 2.00 bits per heavy atom. The second-order valence-corrected chi connectivity index (χ2v) is 6.62. The van der Waals surface area contributed by atoms with Gasteiger partial charge in [-0.2, -0.15) is 5.10 Å². The SMILES string of the molecule is Cc1nn(C)c(C)c1C1CC(C(=O)NCCc2ccc(N)cc2)NN1.Cl. The van der Waals surface area contributed by atoms with Gasteiger partial charge in [0.1, 0.15) is 6.04 Å². The fourth-order valence-corrected chi connectivity index (χ4v) is 3.35. The molecular formula is C18H27ClN6O. The van der Waals surface area contributed by atoms with Crippen LogP contribution in [0.2, 0.25) is 0 Å². The Hall–Kier alpha value is -2.09. The molecule has 0 saturated carbocycles. The maximum Gasteiger partial charge on any atom is 0.238 e. The number of carbonyl (C=O) groups excluding carboxylic acids is 1. The van der Waals surface area contributed by atoms with E-state index in [0.717, 1.165) is 29.1 Å². The molecule has 26 heavy (non-hydrogen) atoms. The van der Waals surface area contributed by atoms with Crippen LogP contribution in [0.1, 0.15) is 35.0 Å². The predicted octanol–water partition coefficient (Wildman–Crippen LogP) is 1.31. The number of halogens is 1. The normalized spacial score (nSPS) is 19.2. The van der Waals surface area contributed by atoms with Crippen LogP contribution in [0, 0.1) is 13.8 Å². The van der Waals surface area contributed by atoms with Crippen molar-refractivity contribution >= 4 is 24.0 Å². The van der Waals surface area contributed by atoms with Crippen molar-refractivity contribution in [2.24, 2.45) is 7.05 Å². The zero-order valence-electron chi connectivity index (χ0n) is 15.4. The average molecular weight is 379 g/mol. The zero-order chi connectivity index (χ0) is 18.0. The standard InChI is InChI=1S/C18H26N6O.ClH/c1-11-17(12(2)24(3)23-11)15-10-16(22-21-15)18(25)20-9-8-13-4-6-14(19)7-5-13;/h4-7,15-16,21-22H,8-10,19H2,1-3H3,(H,20,25);1H. The van der Waals surface area contributed by atoms with Gasteiger partial charge >= 0.3 is 0 Å². The van der Waals surface area contributed by atoms with Crippen molar-refractivity contribution in [1.82, 2.24) is 25.9 Å². The third-order valence-corrected chi connectivity index (χ3v) is 4.83. The monoisotopic (exact) mass is 378 g/mol. The summed E-state index contributed by atoms with van der Waals surface area (Å²) in [5.41, 5.74) is 17.2. The van der Waals surface area contributed by atoms with Crippen LogP contribution < -0.4 is 21.9 Å². The summed E-state index contributed by atoms with van der Waals surface area (Å²) >= 11 is 0. The number of nitrogens with zero attached hydrogens (tertiary/aromatic N) is 2. The third kappa shape index (κ3) is 4.35. The Labute approximate surface area is 160 Å². The van der Waals surface area contributed by atoms with E-state index in [0.29, 0.717) is 13.0 Å². The molecule has 7 nitrogen and oxygen atoms in total. The number of nitrogens with one attached hydrogen (secondary N) is 3. The molecule has 0 radical (unpaired) electrons. The van der Waals surface area contributed by atoms with Crippen LogP contribution in [0.4, 0.5) is 5.69 Å². The second-order valence-electron chi connectivity index (χ2n) is 6.62. The van der Waals surface area contributed by atoms with Gasteiger partial charge in [0.2, 0.25) is 5.91 Å². The molecule has 0 aliphatic carbocycles. The number of nitrogens with two attached hydrogens (primary N) is 1. The number of rotatable bonds is 5. The number of anilines is 1. The molecule has 1 saturated heterocycles. The minimum atomic E-state index is -0.240. The zero-order valence-corrected chi connectivity index (χ0v) is 16.2. The largest absolute Gasteiger partial charge is 0.399 e. The highest BCUT2D eigenvalue weighted by atomic mass is 35.5. The van der Waals surface area contributed by atoms with E-state index >= 15 is 0 Å². The van der Waals surface area contributed by atoms with Gasteiger partial charge in [-0.1, -0.05) is 12.1 Å². The predicted molar refractivity (Wildman–Crippen MR) is 105 cm³/mol. The van der Waals surface area contributed by atoms with E-state index in [4.69, 9.17) is 5.73 Å². The molecule has 2 atom stereocenters. The number of carbonyl (C=O) groups is 1. The van der Waals surface area contributed by atoms with Gasteiger partial charge in [-0.25, -0.2) is 10.9 Å².